The van der Waals surface area contributed by atoms with Gasteiger partial charge in [0.15, 0.2) is 11.0 Å². The third kappa shape index (κ3) is 2.29. The minimum atomic E-state index is -0.535. The minimum Gasteiger partial charge on any atom is -0.481 e. The van der Waals surface area contributed by atoms with Gasteiger partial charge in [-0.15, -0.1) is 0 Å². The Morgan fingerprint density at radius 2 is 2.38 bits per heavy atom. The van der Waals surface area contributed by atoms with Crippen LogP contribution in [0.25, 0.3) is 0 Å². The molecule has 1 N–H and O–H groups in total. The van der Waals surface area contributed by atoms with Crippen LogP contribution in [-0.4, -0.2) is 19.1 Å². The van der Waals surface area contributed by atoms with Crippen molar-refractivity contribution in [3.8, 4) is 5.88 Å². The fraction of sp³-hybridized carbons (Fsp3) is 0.375. The summed E-state index contributed by atoms with van der Waals surface area (Å²) in [7, 11) is 3.22. The molecule has 1 rings (SSSR count). The molecule has 1 aromatic heterocycles. The van der Waals surface area contributed by atoms with Crippen LogP contribution in [0, 0.1) is 5.82 Å². The van der Waals surface area contributed by atoms with Crippen molar-refractivity contribution in [2.75, 3.05) is 14.2 Å². The van der Waals surface area contributed by atoms with Crippen LogP contribution in [-0.2, 0) is 6.54 Å². The van der Waals surface area contributed by atoms with E-state index in [1.54, 1.807) is 7.05 Å². The summed E-state index contributed by atoms with van der Waals surface area (Å²) in [6.45, 7) is 0.490. The van der Waals surface area contributed by atoms with E-state index in [-0.39, 0.29) is 5.15 Å². The number of nitrogens with one attached hydrogen (secondary N) is 1. The molecule has 0 spiro atoms. The number of ether oxygens (including phenoxy) is 1. The lowest BCUT2D eigenvalue weighted by molar-refractivity contribution is 0.389. The highest BCUT2D eigenvalue weighted by atomic mass is 35.5. The average Bonchev–Trinajstić information content (AvgIpc) is 2.11. The maximum absolute atomic E-state index is 12.9. The van der Waals surface area contributed by atoms with E-state index in [9.17, 15) is 4.39 Å². The number of methoxy groups -OCH3 is 1. The zero-order valence-electron chi connectivity index (χ0n) is 7.40. The number of halogens is 2. The molecule has 0 unspecified atom stereocenters. The van der Waals surface area contributed by atoms with Crippen molar-refractivity contribution in [1.29, 1.82) is 0 Å². The van der Waals surface area contributed by atoms with Crippen LogP contribution in [0.3, 0.4) is 0 Å². The highest BCUT2D eigenvalue weighted by Gasteiger charge is 2.09. The van der Waals surface area contributed by atoms with Gasteiger partial charge < -0.3 is 10.1 Å². The summed E-state index contributed by atoms with van der Waals surface area (Å²) in [5.74, 6) is -0.187. The second-order valence-corrected chi connectivity index (χ2v) is 2.82. The first kappa shape index (κ1) is 10.2. The lowest BCUT2D eigenvalue weighted by Gasteiger charge is -2.07. The molecule has 0 aromatic carbocycles. The largest absolute Gasteiger partial charge is 0.481 e. The van der Waals surface area contributed by atoms with E-state index in [4.69, 9.17) is 16.3 Å². The summed E-state index contributed by atoms with van der Waals surface area (Å²) in [5, 5.41) is 2.71. The Morgan fingerprint density at radius 3 is 2.92 bits per heavy atom. The molecule has 0 saturated carbocycles. The van der Waals surface area contributed by atoms with Gasteiger partial charge in [-0.05, 0) is 13.1 Å². The first-order valence-corrected chi connectivity index (χ1v) is 4.10. The van der Waals surface area contributed by atoms with Gasteiger partial charge in [0.1, 0.15) is 0 Å². The van der Waals surface area contributed by atoms with Crippen molar-refractivity contribution in [2.24, 2.45) is 0 Å². The van der Waals surface area contributed by atoms with Crippen LogP contribution in [0.15, 0.2) is 6.07 Å². The quantitative estimate of drug-likeness (QED) is 0.760. The molecule has 5 heteroatoms. The summed E-state index contributed by atoms with van der Waals surface area (Å²) < 4.78 is 17.9. The fourth-order valence-electron chi connectivity index (χ4n) is 0.982. The van der Waals surface area contributed by atoms with Crippen molar-refractivity contribution >= 4 is 11.6 Å². The molecule has 13 heavy (non-hydrogen) atoms. The van der Waals surface area contributed by atoms with Gasteiger partial charge >= 0.3 is 0 Å². The van der Waals surface area contributed by atoms with E-state index < -0.39 is 5.82 Å². The van der Waals surface area contributed by atoms with Crippen molar-refractivity contribution in [3.63, 3.8) is 0 Å². The van der Waals surface area contributed by atoms with Crippen molar-refractivity contribution in [2.45, 2.75) is 6.54 Å². The van der Waals surface area contributed by atoms with E-state index >= 15 is 0 Å². The monoisotopic (exact) mass is 204 g/mol. The number of aromatic nitrogens is 1. The molecule has 0 amide bonds. The molecule has 0 aliphatic heterocycles. The molecule has 0 saturated heterocycles. The minimum absolute atomic E-state index is 0.170. The maximum atomic E-state index is 12.9. The summed E-state index contributed by atoms with van der Waals surface area (Å²) in [5.41, 5.74) is 0.645. The van der Waals surface area contributed by atoms with Crippen LogP contribution in [0.4, 0.5) is 4.39 Å². The van der Waals surface area contributed by atoms with Gasteiger partial charge in [-0.3, -0.25) is 0 Å². The lowest BCUT2D eigenvalue weighted by Crippen LogP contribution is -2.08. The van der Waals surface area contributed by atoms with E-state index in [0.29, 0.717) is 18.0 Å². The summed E-state index contributed by atoms with van der Waals surface area (Å²) in [4.78, 5) is 3.74. The van der Waals surface area contributed by atoms with Crippen molar-refractivity contribution in [1.82, 2.24) is 10.3 Å². The molecule has 0 atom stereocenters. The molecule has 72 valence electrons. The second kappa shape index (κ2) is 4.39. The molecular weight excluding hydrogens is 195 g/mol. The zero-order chi connectivity index (χ0) is 9.84. The molecule has 0 fully saturated rings. The topological polar surface area (TPSA) is 34.2 Å². The van der Waals surface area contributed by atoms with Crippen LogP contribution < -0.4 is 10.1 Å². The predicted octanol–water partition coefficient (Wildman–Crippen LogP) is 1.60. The molecule has 1 heterocycles. The van der Waals surface area contributed by atoms with Gasteiger partial charge in [0.2, 0.25) is 5.88 Å². The van der Waals surface area contributed by atoms with Crippen LogP contribution in [0.2, 0.25) is 5.15 Å². The van der Waals surface area contributed by atoms with Gasteiger partial charge in [0.25, 0.3) is 0 Å². The Morgan fingerprint density at radius 1 is 1.69 bits per heavy atom. The SMILES string of the molecule is CNCc1cc(F)c(Cl)nc1OC. The van der Waals surface area contributed by atoms with Crippen molar-refractivity contribution < 1.29 is 9.13 Å². The van der Waals surface area contributed by atoms with Gasteiger partial charge in [-0.2, -0.15) is 4.98 Å². The highest BCUT2D eigenvalue weighted by molar-refractivity contribution is 6.29. The first-order chi connectivity index (χ1) is 6.19. The van der Waals surface area contributed by atoms with E-state index in [2.05, 4.69) is 10.3 Å². The molecule has 1 aromatic rings. The Hall–Kier alpha value is -0.870. The fourth-order valence-corrected chi connectivity index (χ4v) is 1.11. The summed E-state index contributed by atoms with van der Waals surface area (Å²) in [6.07, 6.45) is 0. The van der Waals surface area contributed by atoms with Gasteiger partial charge in [-0.1, -0.05) is 11.6 Å². The summed E-state index contributed by atoms with van der Waals surface area (Å²) in [6, 6.07) is 1.31. The second-order valence-electron chi connectivity index (χ2n) is 2.46. The lowest BCUT2D eigenvalue weighted by atomic mass is 10.2. The van der Waals surface area contributed by atoms with E-state index in [1.165, 1.54) is 13.2 Å². The molecule has 0 bridgehead atoms. The Balaban J connectivity index is 3.09. The number of hydrogen-bond acceptors (Lipinski definition) is 3. The number of pyridine rings is 1. The molecule has 0 aliphatic carbocycles. The first-order valence-electron chi connectivity index (χ1n) is 3.72. The normalized spacial score (nSPS) is 10.2. The molecule has 0 aliphatic rings. The van der Waals surface area contributed by atoms with Crippen LogP contribution in [0.5, 0.6) is 5.88 Å². The molecule has 0 radical (unpaired) electrons. The Labute approximate surface area is 80.9 Å². The highest BCUT2D eigenvalue weighted by Crippen LogP contribution is 2.21. The zero-order valence-corrected chi connectivity index (χ0v) is 8.15. The number of hydrogen-bond donors (Lipinski definition) is 1. The van der Waals surface area contributed by atoms with Crippen molar-refractivity contribution in [3.05, 3.63) is 22.6 Å². The third-order valence-electron chi connectivity index (χ3n) is 1.53. The van der Waals surface area contributed by atoms with Crippen LogP contribution in [0.1, 0.15) is 5.56 Å². The third-order valence-corrected chi connectivity index (χ3v) is 1.80. The van der Waals surface area contributed by atoms with E-state index in [0.717, 1.165) is 0 Å². The van der Waals surface area contributed by atoms with Gasteiger partial charge in [0, 0.05) is 12.1 Å². The van der Waals surface area contributed by atoms with Gasteiger partial charge in [-0.25, -0.2) is 4.39 Å². The standard InChI is InChI=1S/C8H10ClFN2O/c1-11-4-5-3-6(10)7(9)12-8(5)13-2/h3,11H,4H2,1-2H3. The predicted molar refractivity (Wildman–Crippen MR) is 48.5 cm³/mol. The van der Waals surface area contributed by atoms with E-state index in [1.807, 2.05) is 0 Å². The smallest absolute Gasteiger partial charge is 0.219 e. The number of rotatable bonds is 3. The molecular formula is C8H10ClFN2O. The van der Waals surface area contributed by atoms with Crippen LogP contribution >= 0.6 is 11.6 Å². The Kier molecular flexibility index (Phi) is 3.45. The summed E-state index contributed by atoms with van der Waals surface area (Å²) >= 11 is 5.48. The number of nitrogens with zero attached hydrogens (tertiary/aromatic N) is 1. The Bertz CT molecular complexity index is 306. The maximum Gasteiger partial charge on any atom is 0.219 e. The van der Waals surface area contributed by atoms with Gasteiger partial charge in [0.05, 0.1) is 7.11 Å². The molecule has 3 nitrogen and oxygen atoms in total. The average molecular weight is 205 g/mol.